The Hall–Kier alpha value is -2.01. The first kappa shape index (κ1) is 13.9. The molecule has 0 spiro atoms. The normalized spacial score (nSPS) is 16.6. The molecule has 5 heteroatoms. The maximum absolute atomic E-state index is 5.79. The van der Waals surface area contributed by atoms with Gasteiger partial charge in [-0.3, -0.25) is 0 Å². The number of aryl methyl sites for hydroxylation is 1. The molecular weight excluding hydrogens is 266 g/mol. The molecule has 0 aliphatic carbocycles. The fraction of sp³-hybridized carbons (Fsp3) is 0.438. The van der Waals surface area contributed by atoms with Crippen molar-refractivity contribution < 1.29 is 9.47 Å². The van der Waals surface area contributed by atoms with Crippen LogP contribution in [0, 0.1) is 0 Å². The Morgan fingerprint density at radius 1 is 1.48 bits per heavy atom. The van der Waals surface area contributed by atoms with Crippen molar-refractivity contribution >= 4 is 0 Å². The van der Waals surface area contributed by atoms with Crippen LogP contribution in [-0.2, 0) is 13.7 Å². The summed E-state index contributed by atoms with van der Waals surface area (Å²) in [6.45, 7) is 4.32. The molecular formula is C16H21N3O2. The van der Waals surface area contributed by atoms with Crippen LogP contribution in [0.1, 0.15) is 30.8 Å². The molecule has 1 atom stereocenters. The Kier molecular flexibility index (Phi) is 4.10. The minimum absolute atomic E-state index is 0.295. The molecule has 3 rings (SSSR count). The third-order valence-electron chi connectivity index (χ3n) is 3.70. The molecule has 0 saturated carbocycles. The third kappa shape index (κ3) is 3.03. The van der Waals surface area contributed by atoms with Crippen molar-refractivity contribution in [2.24, 2.45) is 7.05 Å². The average Bonchev–Trinajstić information content (AvgIpc) is 3.09. The number of nitrogens with zero attached hydrogens (tertiary/aromatic N) is 2. The fourth-order valence-electron chi connectivity index (χ4n) is 2.45. The molecule has 1 N–H and O–H groups in total. The number of rotatable bonds is 6. The molecule has 112 valence electrons. The van der Waals surface area contributed by atoms with E-state index in [0.717, 1.165) is 30.3 Å². The Bertz CT molecular complexity index is 609. The van der Waals surface area contributed by atoms with Crippen molar-refractivity contribution in [3.8, 4) is 11.5 Å². The van der Waals surface area contributed by atoms with Gasteiger partial charge >= 0.3 is 0 Å². The van der Waals surface area contributed by atoms with Crippen molar-refractivity contribution in [3.63, 3.8) is 0 Å². The van der Waals surface area contributed by atoms with Gasteiger partial charge in [-0.2, -0.15) is 0 Å². The van der Waals surface area contributed by atoms with E-state index < -0.39 is 0 Å². The van der Waals surface area contributed by atoms with Gasteiger partial charge < -0.3 is 19.4 Å². The number of imidazole rings is 1. The monoisotopic (exact) mass is 287 g/mol. The van der Waals surface area contributed by atoms with Gasteiger partial charge in [-0.15, -0.1) is 0 Å². The number of benzene rings is 1. The number of fused-ring (bicyclic) bond motifs is 1. The Labute approximate surface area is 124 Å². The largest absolute Gasteiger partial charge is 0.491 e. The van der Waals surface area contributed by atoms with Crippen molar-refractivity contribution in [1.29, 1.82) is 0 Å². The molecule has 1 aliphatic rings. The maximum Gasteiger partial charge on any atom is 0.146 e. The lowest BCUT2D eigenvalue weighted by atomic mass is 10.1. The lowest BCUT2D eigenvalue weighted by molar-refractivity contribution is 0.286. The predicted octanol–water partition coefficient (Wildman–Crippen LogP) is 2.43. The number of hydrogen-bond acceptors (Lipinski definition) is 4. The minimum Gasteiger partial charge on any atom is -0.491 e. The van der Waals surface area contributed by atoms with Crippen LogP contribution in [0.3, 0.4) is 0 Å². The summed E-state index contributed by atoms with van der Waals surface area (Å²) in [7, 11) is 1.96. The molecule has 0 bridgehead atoms. The van der Waals surface area contributed by atoms with Gasteiger partial charge in [0.1, 0.15) is 30.5 Å². The van der Waals surface area contributed by atoms with Gasteiger partial charge in [0.2, 0.25) is 0 Å². The summed E-state index contributed by atoms with van der Waals surface area (Å²) >= 11 is 0. The molecule has 21 heavy (non-hydrogen) atoms. The molecule has 5 nitrogen and oxygen atoms in total. The van der Waals surface area contributed by atoms with Gasteiger partial charge in [-0.05, 0) is 25.1 Å². The quantitative estimate of drug-likeness (QED) is 0.886. The summed E-state index contributed by atoms with van der Waals surface area (Å²) in [5, 5.41) is 3.49. The highest BCUT2D eigenvalue weighted by molar-refractivity contribution is 5.45. The lowest BCUT2D eigenvalue weighted by Crippen LogP contribution is -2.22. The highest BCUT2D eigenvalue weighted by Crippen LogP contribution is 2.35. The van der Waals surface area contributed by atoms with Crippen molar-refractivity contribution in [3.05, 3.63) is 42.0 Å². The van der Waals surface area contributed by atoms with E-state index in [9.17, 15) is 0 Å². The second kappa shape index (κ2) is 6.18. The van der Waals surface area contributed by atoms with E-state index in [-0.39, 0.29) is 0 Å². The standard InChI is InChI=1S/C16H21N3O2/c1-3-6-17-14-10-21-15-9-12(4-5-13(14)15)20-11-16-18-7-8-19(16)2/h4-5,7-9,14,17H,3,6,10-11H2,1-2H3. The van der Waals surface area contributed by atoms with Gasteiger partial charge in [0.25, 0.3) is 0 Å². The van der Waals surface area contributed by atoms with Crippen LogP contribution < -0.4 is 14.8 Å². The van der Waals surface area contributed by atoms with Crippen molar-refractivity contribution in [2.45, 2.75) is 26.0 Å². The molecule has 1 aromatic carbocycles. The van der Waals surface area contributed by atoms with Crippen LogP contribution >= 0.6 is 0 Å². The van der Waals surface area contributed by atoms with E-state index in [0.29, 0.717) is 19.3 Å². The van der Waals surface area contributed by atoms with Crippen LogP contribution in [0.5, 0.6) is 11.5 Å². The smallest absolute Gasteiger partial charge is 0.146 e. The zero-order chi connectivity index (χ0) is 14.7. The van der Waals surface area contributed by atoms with E-state index in [1.165, 1.54) is 5.56 Å². The van der Waals surface area contributed by atoms with Crippen molar-refractivity contribution in [2.75, 3.05) is 13.2 Å². The van der Waals surface area contributed by atoms with Crippen molar-refractivity contribution in [1.82, 2.24) is 14.9 Å². The highest BCUT2D eigenvalue weighted by Gasteiger charge is 2.23. The zero-order valence-corrected chi connectivity index (χ0v) is 12.5. The first-order chi connectivity index (χ1) is 10.3. The SMILES string of the molecule is CCCNC1COc2cc(OCc3nccn3C)ccc21. The Morgan fingerprint density at radius 3 is 3.14 bits per heavy atom. The van der Waals surface area contributed by atoms with Crippen LogP contribution in [0.4, 0.5) is 0 Å². The fourth-order valence-corrected chi connectivity index (χ4v) is 2.45. The zero-order valence-electron chi connectivity index (χ0n) is 12.5. The van der Waals surface area contributed by atoms with E-state index in [1.54, 1.807) is 6.20 Å². The topological polar surface area (TPSA) is 48.3 Å². The van der Waals surface area contributed by atoms with Gasteiger partial charge in [0, 0.05) is 31.1 Å². The summed E-state index contributed by atoms with van der Waals surface area (Å²) in [5.74, 6) is 2.63. The van der Waals surface area contributed by atoms with Gasteiger partial charge in [-0.25, -0.2) is 4.98 Å². The molecule has 1 unspecified atom stereocenters. The first-order valence-corrected chi connectivity index (χ1v) is 7.37. The van der Waals surface area contributed by atoms with Crippen LogP contribution in [0.25, 0.3) is 0 Å². The highest BCUT2D eigenvalue weighted by atomic mass is 16.5. The summed E-state index contributed by atoms with van der Waals surface area (Å²) in [5.41, 5.74) is 1.22. The second-order valence-electron chi connectivity index (χ2n) is 5.26. The van der Waals surface area contributed by atoms with Crippen LogP contribution in [0.15, 0.2) is 30.6 Å². The molecule has 2 aromatic rings. The third-order valence-corrected chi connectivity index (χ3v) is 3.70. The minimum atomic E-state index is 0.295. The van der Waals surface area contributed by atoms with Crippen LogP contribution in [-0.4, -0.2) is 22.7 Å². The van der Waals surface area contributed by atoms with E-state index in [2.05, 4.69) is 23.3 Å². The molecule has 1 aromatic heterocycles. The summed E-state index contributed by atoms with van der Waals surface area (Å²) in [4.78, 5) is 4.25. The summed E-state index contributed by atoms with van der Waals surface area (Å²) < 4.78 is 13.5. The predicted molar refractivity (Wildman–Crippen MR) is 80.5 cm³/mol. The molecule has 0 saturated heterocycles. The van der Waals surface area contributed by atoms with E-state index in [1.807, 2.05) is 29.9 Å². The van der Waals surface area contributed by atoms with E-state index >= 15 is 0 Å². The molecule has 0 fully saturated rings. The average molecular weight is 287 g/mol. The number of nitrogens with one attached hydrogen (secondary N) is 1. The van der Waals surface area contributed by atoms with Gasteiger partial charge in [0.15, 0.2) is 0 Å². The molecule has 0 amide bonds. The van der Waals surface area contributed by atoms with Gasteiger partial charge in [-0.1, -0.05) is 6.92 Å². The Morgan fingerprint density at radius 2 is 2.38 bits per heavy atom. The van der Waals surface area contributed by atoms with Gasteiger partial charge in [0.05, 0.1) is 6.04 Å². The maximum atomic E-state index is 5.79. The number of ether oxygens (including phenoxy) is 2. The Balaban J connectivity index is 1.65. The molecule has 1 aliphatic heterocycles. The summed E-state index contributed by atoms with van der Waals surface area (Å²) in [6.07, 6.45) is 4.81. The van der Waals surface area contributed by atoms with E-state index in [4.69, 9.17) is 9.47 Å². The number of hydrogen-bond donors (Lipinski definition) is 1. The first-order valence-electron chi connectivity index (χ1n) is 7.37. The number of aromatic nitrogens is 2. The summed E-state index contributed by atoms with van der Waals surface area (Å²) in [6, 6.07) is 6.34. The molecule has 0 radical (unpaired) electrons. The molecule has 2 heterocycles. The van der Waals surface area contributed by atoms with Crippen LogP contribution in [0.2, 0.25) is 0 Å². The lowest BCUT2D eigenvalue weighted by Gasteiger charge is -2.11. The second-order valence-corrected chi connectivity index (χ2v) is 5.26.